The quantitative estimate of drug-likeness (QED) is 0.483. The van der Waals surface area contributed by atoms with Gasteiger partial charge in [0.25, 0.3) is 5.91 Å². The summed E-state index contributed by atoms with van der Waals surface area (Å²) in [6.45, 7) is 2.05. The molecule has 1 aromatic heterocycles. The Morgan fingerprint density at radius 3 is 2.06 bits per heavy atom. The number of thiophene rings is 1. The van der Waals surface area contributed by atoms with Crippen LogP contribution in [-0.2, 0) is 4.74 Å². The van der Waals surface area contributed by atoms with Crippen LogP contribution in [0.15, 0.2) is 48.5 Å². The summed E-state index contributed by atoms with van der Waals surface area (Å²) in [5.74, 6) is 0.193. The maximum absolute atomic E-state index is 13.1. The molecule has 32 heavy (non-hydrogen) atoms. The van der Waals surface area contributed by atoms with Crippen molar-refractivity contribution in [2.45, 2.75) is 12.8 Å². The predicted octanol–water partition coefficient (Wildman–Crippen LogP) is 4.96. The number of benzene rings is 2. The predicted molar refractivity (Wildman–Crippen MR) is 124 cm³/mol. The summed E-state index contributed by atoms with van der Waals surface area (Å²) in [6.07, 6.45) is 0. The minimum atomic E-state index is -0.526. The van der Waals surface area contributed by atoms with Crippen LogP contribution in [-0.4, -0.2) is 40.3 Å². The lowest BCUT2D eigenvalue weighted by molar-refractivity contribution is 0.0602. The van der Waals surface area contributed by atoms with Crippen LogP contribution in [0.2, 0.25) is 0 Å². The van der Waals surface area contributed by atoms with E-state index in [4.69, 9.17) is 18.9 Å². The topological polar surface area (TPSA) is 83.1 Å². The van der Waals surface area contributed by atoms with E-state index in [0.717, 1.165) is 10.4 Å². The fraction of sp³-hybridized carbons (Fsp3) is 0.250. The molecule has 1 N–H and O–H groups in total. The van der Waals surface area contributed by atoms with E-state index < -0.39 is 11.9 Å². The number of amides is 1. The normalized spacial score (nSPS) is 11.4. The Morgan fingerprint density at radius 2 is 1.47 bits per heavy atom. The van der Waals surface area contributed by atoms with Gasteiger partial charge >= 0.3 is 5.97 Å². The van der Waals surface area contributed by atoms with Gasteiger partial charge in [-0.15, -0.1) is 11.3 Å². The van der Waals surface area contributed by atoms with E-state index in [1.165, 1.54) is 45.8 Å². The zero-order valence-electron chi connectivity index (χ0n) is 18.6. The van der Waals surface area contributed by atoms with Crippen molar-refractivity contribution < 1.29 is 28.5 Å². The first-order valence-corrected chi connectivity index (χ1v) is 10.6. The molecule has 0 unspecified atom stereocenters. The van der Waals surface area contributed by atoms with Crippen molar-refractivity contribution in [2.24, 2.45) is 0 Å². The Morgan fingerprint density at radius 1 is 0.844 bits per heavy atom. The molecular formula is C24H25NO6S. The Labute approximate surface area is 190 Å². The highest BCUT2D eigenvalue weighted by Crippen LogP contribution is 2.38. The second-order valence-corrected chi connectivity index (χ2v) is 7.96. The molecule has 1 amide bonds. The van der Waals surface area contributed by atoms with Gasteiger partial charge in [-0.2, -0.15) is 0 Å². The van der Waals surface area contributed by atoms with Crippen molar-refractivity contribution >= 4 is 28.2 Å². The molecule has 3 aromatic rings. The average molecular weight is 456 g/mol. The lowest BCUT2D eigenvalue weighted by atomic mass is 9.99. The van der Waals surface area contributed by atoms with Gasteiger partial charge in [0.2, 0.25) is 0 Å². The third kappa shape index (κ3) is 4.70. The van der Waals surface area contributed by atoms with E-state index in [0.29, 0.717) is 27.8 Å². The monoisotopic (exact) mass is 455 g/mol. The molecule has 8 heteroatoms. The SMILES string of the molecule is COC(=O)c1cc([C@H](C)c2ccccc2)sc1NC(=O)c1cc(OC)c(OC)cc1OC. The number of carbonyl (C=O) groups is 2. The van der Waals surface area contributed by atoms with E-state index in [-0.39, 0.29) is 11.5 Å². The minimum Gasteiger partial charge on any atom is -0.496 e. The molecule has 0 saturated heterocycles. The van der Waals surface area contributed by atoms with Crippen LogP contribution in [0.5, 0.6) is 17.2 Å². The smallest absolute Gasteiger partial charge is 0.340 e. The van der Waals surface area contributed by atoms with Crippen molar-refractivity contribution in [1.82, 2.24) is 0 Å². The van der Waals surface area contributed by atoms with E-state index in [2.05, 4.69) is 5.32 Å². The van der Waals surface area contributed by atoms with Crippen molar-refractivity contribution in [2.75, 3.05) is 33.8 Å². The van der Waals surface area contributed by atoms with E-state index in [9.17, 15) is 9.59 Å². The summed E-state index contributed by atoms with van der Waals surface area (Å²) < 4.78 is 20.9. The second kappa shape index (κ2) is 10.2. The number of nitrogens with one attached hydrogen (secondary N) is 1. The largest absolute Gasteiger partial charge is 0.496 e. The van der Waals surface area contributed by atoms with Gasteiger partial charge in [0.1, 0.15) is 10.8 Å². The lowest BCUT2D eigenvalue weighted by Gasteiger charge is -2.14. The van der Waals surface area contributed by atoms with Crippen LogP contribution >= 0.6 is 11.3 Å². The Bertz CT molecular complexity index is 1110. The van der Waals surface area contributed by atoms with E-state index >= 15 is 0 Å². The second-order valence-electron chi connectivity index (χ2n) is 6.88. The van der Waals surface area contributed by atoms with Gasteiger partial charge in [-0.3, -0.25) is 4.79 Å². The molecule has 0 saturated carbocycles. The van der Waals surface area contributed by atoms with Crippen molar-refractivity contribution in [3.63, 3.8) is 0 Å². The number of methoxy groups -OCH3 is 4. The molecule has 0 fully saturated rings. The standard InChI is InChI=1S/C24H25NO6S/c1-14(15-9-7-6-8-10-15)21-12-17(24(27)31-5)23(32-21)25-22(26)16-11-19(29-3)20(30-4)13-18(16)28-2/h6-14H,1-5H3,(H,25,26)/t14-/m1/s1. The first-order chi connectivity index (χ1) is 15.4. The fourth-order valence-corrected chi connectivity index (χ4v) is 4.38. The summed E-state index contributed by atoms with van der Waals surface area (Å²) in [5.41, 5.74) is 1.64. The number of anilines is 1. The number of hydrogen-bond acceptors (Lipinski definition) is 7. The number of esters is 1. The van der Waals surface area contributed by atoms with Gasteiger partial charge in [-0.25, -0.2) is 4.79 Å². The zero-order chi connectivity index (χ0) is 23.3. The first-order valence-electron chi connectivity index (χ1n) is 9.81. The molecule has 0 aliphatic carbocycles. The maximum Gasteiger partial charge on any atom is 0.340 e. The minimum absolute atomic E-state index is 0.0332. The highest BCUT2D eigenvalue weighted by Gasteiger charge is 2.24. The summed E-state index contributed by atoms with van der Waals surface area (Å²) in [6, 6.07) is 14.8. The summed E-state index contributed by atoms with van der Waals surface area (Å²) in [7, 11) is 5.75. The molecule has 2 aromatic carbocycles. The fourth-order valence-electron chi connectivity index (χ4n) is 3.26. The molecule has 0 spiro atoms. The van der Waals surface area contributed by atoms with Gasteiger partial charge < -0.3 is 24.3 Å². The molecule has 168 valence electrons. The number of carbonyl (C=O) groups excluding carboxylic acids is 2. The molecule has 0 aliphatic rings. The van der Waals surface area contributed by atoms with Crippen LogP contribution in [0.25, 0.3) is 0 Å². The third-order valence-electron chi connectivity index (χ3n) is 5.06. The van der Waals surface area contributed by atoms with Crippen molar-refractivity contribution in [3.8, 4) is 17.2 Å². The third-order valence-corrected chi connectivity index (χ3v) is 6.29. The first kappa shape index (κ1) is 23.1. The molecular weight excluding hydrogens is 430 g/mol. The van der Waals surface area contributed by atoms with E-state index in [1.54, 1.807) is 12.1 Å². The van der Waals surface area contributed by atoms with Crippen molar-refractivity contribution in [1.29, 1.82) is 0 Å². The Kier molecular flexibility index (Phi) is 7.37. The average Bonchev–Trinajstić information content (AvgIpc) is 3.26. The molecule has 1 heterocycles. The highest BCUT2D eigenvalue weighted by atomic mass is 32.1. The molecule has 0 radical (unpaired) electrons. The lowest BCUT2D eigenvalue weighted by Crippen LogP contribution is -2.15. The van der Waals surface area contributed by atoms with Gasteiger partial charge in [0.05, 0.1) is 39.6 Å². The molecule has 0 aliphatic heterocycles. The van der Waals surface area contributed by atoms with Crippen molar-refractivity contribution in [3.05, 3.63) is 70.1 Å². The van der Waals surface area contributed by atoms with Crippen LogP contribution < -0.4 is 19.5 Å². The van der Waals surface area contributed by atoms with Gasteiger partial charge in [0, 0.05) is 22.9 Å². The van der Waals surface area contributed by atoms with Gasteiger partial charge in [0.15, 0.2) is 11.5 Å². The molecule has 0 bridgehead atoms. The maximum atomic E-state index is 13.1. The zero-order valence-corrected chi connectivity index (χ0v) is 19.4. The Balaban J connectivity index is 1.98. The molecule has 1 atom stereocenters. The number of ether oxygens (including phenoxy) is 4. The number of hydrogen-bond donors (Lipinski definition) is 1. The van der Waals surface area contributed by atoms with E-state index in [1.807, 2.05) is 37.3 Å². The molecule has 3 rings (SSSR count). The van der Waals surface area contributed by atoms with Crippen LogP contribution in [0.4, 0.5) is 5.00 Å². The van der Waals surface area contributed by atoms with Crippen LogP contribution in [0.3, 0.4) is 0 Å². The summed E-state index contributed by atoms with van der Waals surface area (Å²) >= 11 is 1.33. The van der Waals surface area contributed by atoms with Gasteiger partial charge in [-0.05, 0) is 11.6 Å². The Hall–Kier alpha value is -3.52. The van der Waals surface area contributed by atoms with Crippen LogP contribution in [0.1, 0.15) is 44.0 Å². The van der Waals surface area contributed by atoms with Crippen LogP contribution in [0, 0.1) is 0 Å². The molecule has 7 nitrogen and oxygen atoms in total. The summed E-state index contributed by atoms with van der Waals surface area (Å²) in [4.78, 5) is 26.5. The number of rotatable bonds is 8. The summed E-state index contributed by atoms with van der Waals surface area (Å²) in [5, 5.41) is 3.23. The van der Waals surface area contributed by atoms with Gasteiger partial charge in [-0.1, -0.05) is 37.3 Å². The highest BCUT2D eigenvalue weighted by molar-refractivity contribution is 7.16.